The van der Waals surface area contributed by atoms with Gasteiger partial charge in [0.25, 0.3) is 0 Å². The summed E-state index contributed by atoms with van der Waals surface area (Å²) in [4.78, 5) is 6.96. The third-order valence-electron chi connectivity index (χ3n) is 4.26. The van der Waals surface area contributed by atoms with Gasteiger partial charge in [-0.2, -0.15) is 0 Å². The SMILES string of the molecule is COc1ccc2c(N3CCC(C)C3CCl)nccc2c1. The maximum absolute atomic E-state index is 6.16. The molecule has 1 aromatic carbocycles. The molecule has 20 heavy (non-hydrogen) atoms. The molecule has 0 N–H and O–H groups in total. The lowest BCUT2D eigenvalue weighted by Gasteiger charge is -2.27. The number of alkyl halides is 1. The fraction of sp³-hybridized carbons (Fsp3) is 0.438. The lowest BCUT2D eigenvalue weighted by Crippen LogP contribution is -2.34. The third kappa shape index (κ3) is 2.20. The van der Waals surface area contributed by atoms with Crippen LogP contribution in [0.3, 0.4) is 0 Å². The van der Waals surface area contributed by atoms with Crippen LogP contribution in [0.5, 0.6) is 5.75 Å². The van der Waals surface area contributed by atoms with Gasteiger partial charge in [0, 0.05) is 30.0 Å². The van der Waals surface area contributed by atoms with Crippen molar-refractivity contribution in [3.05, 3.63) is 30.5 Å². The van der Waals surface area contributed by atoms with Gasteiger partial charge >= 0.3 is 0 Å². The van der Waals surface area contributed by atoms with Crippen LogP contribution < -0.4 is 9.64 Å². The number of halogens is 1. The van der Waals surface area contributed by atoms with E-state index in [4.69, 9.17) is 16.3 Å². The molecule has 0 bridgehead atoms. The topological polar surface area (TPSA) is 25.4 Å². The molecule has 1 fully saturated rings. The molecular formula is C16H19ClN2O. The zero-order chi connectivity index (χ0) is 14.1. The number of benzene rings is 1. The Kier molecular flexibility index (Phi) is 3.70. The zero-order valence-corrected chi connectivity index (χ0v) is 12.6. The van der Waals surface area contributed by atoms with E-state index < -0.39 is 0 Å². The standard InChI is InChI=1S/C16H19ClN2O/c1-11-6-8-19(15(11)10-17)16-14-4-3-13(20-2)9-12(14)5-7-18-16/h3-5,7,9,11,15H,6,8,10H2,1-2H3. The summed E-state index contributed by atoms with van der Waals surface area (Å²) in [6, 6.07) is 8.52. The number of aromatic nitrogens is 1. The number of methoxy groups -OCH3 is 1. The van der Waals surface area contributed by atoms with Crippen molar-refractivity contribution in [1.29, 1.82) is 0 Å². The lowest BCUT2D eigenvalue weighted by molar-refractivity contribution is 0.415. The van der Waals surface area contributed by atoms with Crippen LogP contribution >= 0.6 is 11.6 Å². The molecule has 2 atom stereocenters. The molecule has 1 aliphatic heterocycles. The summed E-state index contributed by atoms with van der Waals surface area (Å²) in [5.74, 6) is 3.18. The van der Waals surface area contributed by atoms with Gasteiger partial charge in [-0.05, 0) is 42.0 Å². The number of ether oxygens (including phenoxy) is 1. The van der Waals surface area contributed by atoms with Gasteiger partial charge in [0.15, 0.2) is 0 Å². The highest BCUT2D eigenvalue weighted by atomic mass is 35.5. The van der Waals surface area contributed by atoms with Gasteiger partial charge in [-0.25, -0.2) is 4.98 Å². The summed E-state index contributed by atoms with van der Waals surface area (Å²) in [5.41, 5.74) is 0. The van der Waals surface area contributed by atoms with Crippen LogP contribution in [0.1, 0.15) is 13.3 Å². The van der Waals surface area contributed by atoms with Gasteiger partial charge in [-0.3, -0.25) is 0 Å². The van der Waals surface area contributed by atoms with Crippen LogP contribution in [-0.2, 0) is 0 Å². The van der Waals surface area contributed by atoms with Gasteiger partial charge < -0.3 is 9.64 Å². The van der Waals surface area contributed by atoms with Crippen molar-refractivity contribution in [3.8, 4) is 5.75 Å². The number of hydrogen-bond acceptors (Lipinski definition) is 3. The second kappa shape index (κ2) is 5.49. The molecule has 106 valence electrons. The van der Waals surface area contributed by atoms with Crippen molar-refractivity contribution in [2.45, 2.75) is 19.4 Å². The van der Waals surface area contributed by atoms with Crippen molar-refractivity contribution in [1.82, 2.24) is 4.98 Å². The van der Waals surface area contributed by atoms with E-state index in [9.17, 15) is 0 Å². The Bertz CT molecular complexity index is 616. The first kappa shape index (κ1) is 13.5. The van der Waals surface area contributed by atoms with Crippen LogP contribution in [0.2, 0.25) is 0 Å². The third-order valence-corrected chi connectivity index (χ3v) is 4.58. The van der Waals surface area contributed by atoms with Gasteiger partial charge in [0.1, 0.15) is 11.6 Å². The molecule has 3 nitrogen and oxygen atoms in total. The lowest BCUT2D eigenvalue weighted by atomic mass is 10.0. The molecule has 0 aliphatic carbocycles. The molecule has 0 saturated carbocycles. The first-order valence-corrected chi connectivity index (χ1v) is 7.53. The van der Waals surface area contributed by atoms with Crippen LogP contribution in [0, 0.1) is 5.92 Å². The van der Waals surface area contributed by atoms with Crippen molar-refractivity contribution in [3.63, 3.8) is 0 Å². The average molecular weight is 291 g/mol. The Hall–Kier alpha value is -1.48. The summed E-state index contributed by atoms with van der Waals surface area (Å²) in [6.07, 6.45) is 3.04. The van der Waals surface area contributed by atoms with Crippen molar-refractivity contribution >= 4 is 28.2 Å². The molecule has 2 unspecified atom stereocenters. The maximum atomic E-state index is 6.16. The fourth-order valence-corrected chi connectivity index (χ4v) is 3.47. The number of fused-ring (bicyclic) bond motifs is 1. The van der Waals surface area contributed by atoms with Crippen LogP contribution in [0.4, 0.5) is 5.82 Å². The van der Waals surface area contributed by atoms with Gasteiger partial charge in [0.2, 0.25) is 0 Å². The molecule has 4 heteroatoms. The summed E-state index contributed by atoms with van der Waals surface area (Å²) in [7, 11) is 1.69. The molecule has 1 aromatic heterocycles. The highest BCUT2D eigenvalue weighted by Gasteiger charge is 2.32. The van der Waals surface area contributed by atoms with E-state index in [1.54, 1.807) is 7.11 Å². The molecule has 0 radical (unpaired) electrons. The molecule has 3 rings (SSSR count). The molecule has 2 heterocycles. The summed E-state index contributed by atoms with van der Waals surface area (Å²) < 4.78 is 5.29. The number of nitrogens with zero attached hydrogens (tertiary/aromatic N) is 2. The van der Waals surface area contributed by atoms with Crippen molar-refractivity contribution < 1.29 is 4.74 Å². The normalized spacial score (nSPS) is 22.4. The molecule has 0 amide bonds. The van der Waals surface area contributed by atoms with E-state index in [0.29, 0.717) is 17.8 Å². The van der Waals surface area contributed by atoms with E-state index >= 15 is 0 Å². The summed E-state index contributed by atoms with van der Waals surface area (Å²) in [5, 5.41) is 2.32. The Morgan fingerprint density at radius 1 is 1.40 bits per heavy atom. The molecular weight excluding hydrogens is 272 g/mol. The summed E-state index contributed by atoms with van der Waals surface area (Å²) >= 11 is 6.16. The minimum Gasteiger partial charge on any atom is -0.497 e. The minimum atomic E-state index is 0.372. The number of anilines is 1. The van der Waals surface area contributed by atoms with Crippen LogP contribution in [0.25, 0.3) is 10.8 Å². The fourth-order valence-electron chi connectivity index (χ4n) is 3.00. The van der Waals surface area contributed by atoms with Gasteiger partial charge in [0.05, 0.1) is 7.11 Å². The first-order chi connectivity index (χ1) is 9.74. The van der Waals surface area contributed by atoms with Crippen LogP contribution in [-0.4, -0.2) is 30.6 Å². The number of hydrogen-bond donors (Lipinski definition) is 0. The van der Waals surface area contributed by atoms with Crippen molar-refractivity contribution in [2.24, 2.45) is 5.92 Å². The number of rotatable bonds is 3. The molecule has 0 spiro atoms. The maximum Gasteiger partial charge on any atom is 0.136 e. The molecule has 1 aliphatic rings. The van der Waals surface area contributed by atoms with E-state index in [1.807, 2.05) is 18.3 Å². The highest BCUT2D eigenvalue weighted by molar-refractivity contribution is 6.18. The molecule has 2 aromatic rings. The van der Waals surface area contributed by atoms with E-state index in [1.165, 1.54) is 6.42 Å². The Morgan fingerprint density at radius 2 is 2.25 bits per heavy atom. The predicted molar refractivity (Wildman–Crippen MR) is 83.9 cm³/mol. The van der Waals surface area contributed by atoms with E-state index in [2.05, 4.69) is 28.9 Å². The second-order valence-corrected chi connectivity index (χ2v) is 5.71. The largest absolute Gasteiger partial charge is 0.497 e. The van der Waals surface area contributed by atoms with Gasteiger partial charge in [-0.1, -0.05) is 6.92 Å². The predicted octanol–water partition coefficient (Wildman–Crippen LogP) is 3.70. The smallest absolute Gasteiger partial charge is 0.136 e. The highest BCUT2D eigenvalue weighted by Crippen LogP contribution is 2.34. The average Bonchev–Trinajstić information content (AvgIpc) is 2.86. The first-order valence-electron chi connectivity index (χ1n) is 7.00. The van der Waals surface area contributed by atoms with E-state index in [-0.39, 0.29) is 0 Å². The van der Waals surface area contributed by atoms with E-state index in [0.717, 1.165) is 28.9 Å². The Balaban J connectivity index is 2.07. The van der Waals surface area contributed by atoms with Crippen molar-refractivity contribution in [2.75, 3.05) is 24.4 Å². The summed E-state index contributed by atoms with van der Waals surface area (Å²) in [6.45, 7) is 3.29. The minimum absolute atomic E-state index is 0.372. The number of pyridine rings is 1. The Morgan fingerprint density at radius 3 is 3.00 bits per heavy atom. The zero-order valence-electron chi connectivity index (χ0n) is 11.8. The Labute approximate surface area is 124 Å². The quantitative estimate of drug-likeness (QED) is 0.806. The van der Waals surface area contributed by atoms with Gasteiger partial charge in [-0.15, -0.1) is 11.6 Å². The second-order valence-electron chi connectivity index (χ2n) is 5.40. The van der Waals surface area contributed by atoms with Crippen LogP contribution in [0.15, 0.2) is 30.5 Å². The molecule has 1 saturated heterocycles. The monoisotopic (exact) mass is 290 g/mol.